The lowest BCUT2D eigenvalue weighted by molar-refractivity contribution is -0.143. The molecule has 0 spiro atoms. The van der Waals surface area contributed by atoms with Gasteiger partial charge in [-0.3, -0.25) is 4.79 Å². The fourth-order valence-corrected chi connectivity index (χ4v) is 2.57. The van der Waals surface area contributed by atoms with Gasteiger partial charge in [-0.05, 0) is 43.9 Å². The Kier molecular flexibility index (Phi) is 5.12. The molecule has 0 radical (unpaired) electrons. The summed E-state index contributed by atoms with van der Waals surface area (Å²) >= 11 is 0. The molecule has 1 saturated carbocycles. The summed E-state index contributed by atoms with van der Waals surface area (Å²) in [5.41, 5.74) is -3.74. The number of alkyl halides is 6. The molecule has 1 aliphatic rings. The summed E-state index contributed by atoms with van der Waals surface area (Å²) in [5.74, 6) is -0.993. The van der Waals surface area contributed by atoms with Gasteiger partial charge in [-0.1, -0.05) is 0 Å². The summed E-state index contributed by atoms with van der Waals surface area (Å²) in [5, 5.41) is 11.8. The SMILES string of the molecule is O=C(NC1CCC(O)CC1)c1cc(C(F)(F)F)cc(C(F)(F)F)c1. The van der Waals surface area contributed by atoms with Crippen LogP contribution >= 0.6 is 0 Å². The lowest BCUT2D eigenvalue weighted by Gasteiger charge is -2.26. The number of nitrogens with one attached hydrogen (secondary N) is 1. The van der Waals surface area contributed by atoms with Crippen LogP contribution < -0.4 is 5.32 Å². The van der Waals surface area contributed by atoms with E-state index in [1.165, 1.54) is 0 Å². The van der Waals surface area contributed by atoms with Crippen molar-refractivity contribution in [3.63, 3.8) is 0 Å². The predicted molar refractivity (Wildman–Crippen MR) is 72.2 cm³/mol. The Morgan fingerprint density at radius 1 is 0.917 bits per heavy atom. The summed E-state index contributed by atoms with van der Waals surface area (Å²) in [6.07, 6.45) is -8.82. The van der Waals surface area contributed by atoms with Crippen LogP contribution in [0, 0.1) is 0 Å². The number of rotatable bonds is 2. The van der Waals surface area contributed by atoms with Crippen molar-refractivity contribution >= 4 is 5.91 Å². The lowest BCUT2D eigenvalue weighted by atomic mass is 9.93. The van der Waals surface area contributed by atoms with Crippen LogP contribution in [0.15, 0.2) is 18.2 Å². The van der Waals surface area contributed by atoms with Crippen LogP contribution in [0.2, 0.25) is 0 Å². The normalized spacial score (nSPS) is 22.3. The molecule has 0 bridgehead atoms. The van der Waals surface area contributed by atoms with Crippen LogP contribution in [0.3, 0.4) is 0 Å². The highest BCUT2D eigenvalue weighted by Gasteiger charge is 2.37. The molecule has 1 aromatic rings. The molecule has 2 rings (SSSR count). The average Bonchev–Trinajstić information content (AvgIpc) is 2.47. The molecular weight excluding hydrogens is 340 g/mol. The number of carbonyl (C=O) groups is 1. The van der Waals surface area contributed by atoms with Crippen LogP contribution in [0.4, 0.5) is 26.3 Å². The largest absolute Gasteiger partial charge is 0.416 e. The molecule has 2 N–H and O–H groups in total. The minimum atomic E-state index is -4.99. The standard InChI is InChI=1S/C15H15F6NO2/c16-14(17,18)9-5-8(6-10(7-9)15(19,20)21)13(24)22-11-1-3-12(23)4-2-11/h5-7,11-12,23H,1-4H2,(H,22,24). The molecule has 1 amide bonds. The van der Waals surface area contributed by atoms with E-state index in [1.54, 1.807) is 0 Å². The number of hydrogen-bond donors (Lipinski definition) is 2. The Bertz CT molecular complexity index is 571. The first-order valence-electron chi connectivity index (χ1n) is 7.25. The van der Waals surface area contributed by atoms with Crippen LogP contribution in [-0.4, -0.2) is 23.2 Å². The quantitative estimate of drug-likeness (QED) is 0.794. The summed E-state index contributed by atoms with van der Waals surface area (Å²) in [7, 11) is 0. The molecule has 134 valence electrons. The van der Waals surface area contributed by atoms with E-state index in [9.17, 15) is 36.2 Å². The zero-order valence-electron chi connectivity index (χ0n) is 12.3. The second kappa shape index (κ2) is 6.62. The van der Waals surface area contributed by atoms with Gasteiger partial charge in [0.05, 0.1) is 17.2 Å². The van der Waals surface area contributed by atoms with Gasteiger partial charge in [0.1, 0.15) is 0 Å². The van der Waals surface area contributed by atoms with E-state index in [2.05, 4.69) is 5.32 Å². The number of carbonyl (C=O) groups excluding carboxylic acids is 1. The van der Waals surface area contributed by atoms with E-state index in [0.29, 0.717) is 37.8 Å². The summed E-state index contributed by atoms with van der Waals surface area (Å²) in [6, 6.07) is 0.405. The van der Waals surface area contributed by atoms with Gasteiger partial charge in [0, 0.05) is 11.6 Å². The Labute approximate surface area is 133 Å². The Balaban J connectivity index is 2.26. The minimum absolute atomic E-state index is 0.0201. The number of halogens is 6. The zero-order chi connectivity index (χ0) is 18.1. The lowest BCUT2D eigenvalue weighted by Crippen LogP contribution is -2.38. The number of hydrogen-bond acceptors (Lipinski definition) is 2. The average molecular weight is 355 g/mol. The van der Waals surface area contributed by atoms with Gasteiger partial charge < -0.3 is 10.4 Å². The highest BCUT2D eigenvalue weighted by Crippen LogP contribution is 2.36. The van der Waals surface area contributed by atoms with Gasteiger partial charge in [0.25, 0.3) is 5.91 Å². The highest BCUT2D eigenvalue weighted by atomic mass is 19.4. The van der Waals surface area contributed by atoms with E-state index in [4.69, 9.17) is 0 Å². The second-order valence-electron chi connectivity index (χ2n) is 5.77. The fourth-order valence-electron chi connectivity index (χ4n) is 2.57. The highest BCUT2D eigenvalue weighted by molar-refractivity contribution is 5.94. The Hall–Kier alpha value is -1.77. The zero-order valence-corrected chi connectivity index (χ0v) is 12.3. The Morgan fingerprint density at radius 3 is 1.79 bits per heavy atom. The van der Waals surface area contributed by atoms with Crippen LogP contribution in [-0.2, 0) is 12.4 Å². The third kappa shape index (κ3) is 4.62. The number of benzene rings is 1. The first-order chi connectivity index (χ1) is 11.0. The second-order valence-corrected chi connectivity index (χ2v) is 5.77. The maximum absolute atomic E-state index is 12.8. The van der Waals surface area contributed by atoms with E-state index in [1.807, 2.05) is 0 Å². The van der Waals surface area contributed by atoms with Gasteiger partial charge >= 0.3 is 12.4 Å². The molecule has 9 heteroatoms. The first kappa shape index (κ1) is 18.6. The number of amides is 1. The molecular formula is C15H15F6NO2. The summed E-state index contributed by atoms with van der Waals surface area (Å²) in [4.78, 5) is 12.0. The summed E-state index contributed by atoms with van der Waals surface area (Å²) < 4.78 is 76.6. The third-order valence-electron chi connectivity index (χ3n) is 3.88. The maximum Gasteiger partial charge on any atom is 0.416 e. The van der Waals surface area contributed by atoms with Crippen LogP contribution in [0.1, 0.15) is 47.2 Å². The molecule has 24 heavy (non-hydrogen) atoms. The smallest absolute Gasteiger partial charge is 0.393 e. The fraction of sp³-hybridized carbons (Fsp3) is 0.533. The molecule has 0 aromatic heterocycles. The van der Waals surface area contributed by atoms with E-state index in [0.717, 1.165) is 0 Å². The molecule has 3 nitrogen and oxygen atoms in total. The molecule has 0 unspecified atom stereocenters. The molecule has 0 aliphatic heterocycles. The third-order valence-corrected chi connectivity index (χ3v) is 3.88. The molecule has 0 heterocycles. The topological polar surface area (TPSA) is 49.3 Å². The molecule has 1 aliphatic carbocycles. The van der Waals surface area contributed by atoms with Gasteiger partial charge in [-0.15, -0.1) is 0 Å². The molecule has 0 atom stereocenters. The van der Waals surface area contributed by atoms with Crippen LogP contribution in [0.25, 0.3) is 0 Å². The van der Waals surface area contributed by atoms with E-state index < -0.39 is 41.1 Å². The van der Waals surface area contributed by atoms with Crippen molar-refractivity contribution in [3.05, 3.63) is 34.9 Å². The van der Waals surface area contributed by atoms with Crippen molar-refractivity contribution in [2.24, 2.45) is 0 Å². The van der Waals surface area contributed by atoms with Crippen molar-refractivity contribution in [3.8, 4) is 0 Å². The Morgan fingerprint density at radius 2 is 1.38 bits per heavy atom. The van der Waals surface area contributed by atoms with Crippen LogP contribution in [0.5, 0.6) is 0 Å². The first-order valence-corrected chi connectivity index (χ1v) is 7.25. The summed E-state index contributed by atoms with van der Waals surface area (Å²) in [6.45, 7) is 0. The predicted octanol–water partition coefficient (Wildman–Crippen LogP) is 3.76. The van der Waals surface area contributed by atoms with Crippen molar-refractivity contribution in [1.29, 1.82) is 0 Å². The van der Waals surface area contributed by atoms with Crippen molar-refractivity contribution < 1.29 is 36.2 Å². The molecule has 1 aromatic carbocycles. The van der Waals surface area contributed by atoms with Gasteiger partial charge in [0.15, 0.2) is 0 Å². The van der Waals surface area contributed by atoms with Crippen molar-refractivity contribution in [2.45, 2.75) is 50.2 Å². The molecule has 0 saturated heterocycles. The minimum Gasteiger partial charge on any atom is -0.393 e. The van der Waals surface area contributed by atoms with E-state index >= 15 is 0 Å². The van der Waals surface area contributed by atoms with Gasteiger partial charge in [-0.2, -0.15) is 26.3 Å². The molecule has 1 fully saturated rings. The van der Waals surface area contributed by atoms with E-state index in [-0.39, 0.29) is 12.1 Å². The number of aliphatic hydroxyl groups is 1. The maximum atomic E-state index is 12.8. The van der Waals surface area contributed by atoms with Gasteiger partial charge in [0.2, 0.25) is 0 Å². The van der Waals surface area contributed by atoms with Crippen molar-refractivity contribution in [2.75, 3.05) is 0 Å². The monoisotopic (exact) mass is 355 g/mol. The van der Waals surface area contributed by atoms with Crippen molar-refractivity contribution in [1.82, 2.24) is 5.32 Å². The number of aliphatic hydroxyl groups excluding tert-OH is 1. The van der Waals surface area contributed by atoms with Gasteiger partial charge in [-0.25, -0.2) is 0 Å².